The third kappa shape index (κ3) is 3.34. The molecule has 0 aliphatic rings. The fourth-order valence-electron chi connectivity index (χ4n) is 2.16. The van der Waals surface area contributed by atoms with Crippen LogP contribution >= 0.6 is 11.3 Å². The van der Waals surface area contributed by atoms with Gasteiger partial charge in [0, 0.05) is 11.9 Å². The summed E-state index contributed by atoms with van der Waals surface area (Å²) in [6, 6.07) is 14.5. The minimum Gasteiger partial charge on any atom is -0.324 e. The van der Waals surface area contributed by atoms with Crippen LogP contribution in [0.5, 0.6) is 0 Å². The lowest BCUT2D eigenvalue weighted by Crippen LogP contribution is -2.10. The molecule has 2 aromatic heterocycles. The summed E-state index contributed by atoms with van der Waals surface area (Å²) < 4.78 is 0. The third-order valence-corrected chi connectivity index (χ3v) is 4.33. The van der Waals surface area contributed by atoms with E-state index in [4.69, 9.17) is 0 Å². The molecule has 1 aromatic carbocycles. The van der Waals surface area contributed by atoms with Crippen LogP contribution in [0, 0.1) is 0 Å². The molecule has 0 atom stereocenters. The number of aromatic nitrogens is 2. The average Bonchev–Trinajstić information content (AvgIpc) is 3.01. The number of anilines is 2. The number of thiophene rings is 1. The van der Waals surface area contributed by atoms with Gasteiger partial charge in [-0.1, -0.05) is 39.0 Å². The van der Waals surface area contributed by atoms with E-state index in [1.54, 1.807) is 17.5 Å². The van der Waals surface area contributed by atoms with Crippen LogP contribution in [0.15, 0.2) is 54.0 Å². The van der Waals surface area contributed by atoms with Crippen molar-refractivity contribution in [1.82, 2.24) is 9.97 Å². The van der Waals surface area contributed by atoms with Crippen molar-refractivity contribution in [3.8, 4) is 10.6 Å². The first-order valence-electron chi connectivity index (χ1n) is 7.27. The molecule has 0 unspecified atom stereocenters. The molecule has 0 bridgehead atoms. The van der Waals surface area contributed by atoms with Crippen molar-refractivity contribution in [3.63, 3.8) is 0 Å². The van der Waals surface area contributed by atoms with E-state index in [1.807, 2.05) is 12.1 Å². The molecule has 0 aliphatic heterocycles. The van der Waals surface area contributed by atoms with Gasteiger partial charge in [0.15, 0.2) is 0 Å². The second-order valence-electron chi connectivity index (χ2n) is 6.20. The molecule has 0 amide bonds. The van der Waals surface area contributed by atoms with Crippen molar-refractivity contribution in [2.75, 3.05) is 5.32 Å². The van der Waals surface area contributed by atoms with Crippen LogP contribution in [0.25, 0.3) is 10.6 Å². The van der Waals surface area contributed by atoms with Gasteiger partial charge in [-0.25, -0.2) is 9.97 Å². The Hall–Kier alpha value is -2.20. The summed E-state index contributed by atoms with van der Waals surface area (Å²) in [6.07, 6.45) is 1.79. The van der Waals surface area contributed by atoms with Gasteiger partial charge in [0.2, 0.25) is 5.95 Å². The van der Waals surface area contributed by atoms with Crippen molar-refractivity contribution >= 4 is 23.0 Å². The lowest BCUT2D eigenvalue weighted by Gasteiger charge is -2.19. The first kappa shape index (κ1) is 14.7. The van der Waals surface area contributed by atoms with Crippen molar-refractivity contribution in [1.29, 1.82) is 0 Å². The first-order chi connectivity index (χ1) is 10.5. The molecule has 0 aliphatic carbocycles. The Morgan fingerprint density at radius 2 is 1.77 bits per heavy atom. The SMILES string of the molecule is CC(C)(C)c1ccc(Nc2nccc(-c3cccs3)n2)cc1. The van der Waals surface area contributed by atoms with Gasteiger partial charge in [-0.2, -0.15) is 0 Å². The molecule has 0 saturated heterocycles. The highest BCUT2D eigenvalue weighted by molar-refractivity contribution is 7.13. The van der Waals surface area contributed by atoms with E-state index in [2.05, 4.69) is 71.8 Å². The second-order valence-corrected chi connectivity index (χ2v) is 7.14. The van der Waals surface area contributed by atoms with Crippen LogP contribution in [-0.2, 0) is 5.41 Å². The highest BCUT2D eigenvalue weighted by Gasteiger charge is 2.13. The van der Waals surface area contributed by atoms with Gasteiger partial charge in [0.05, 0.1) is 10.6 Å². The molecule has 3 aromatic rings. The summed E-state index contributed by atoms with van der Waals surface area (Å²) in [5.74, 6) is 0.620. The van der Waals surface area contributed by atoms with E-state index in [9.17, 15) is 0 Å². The van der Waals surface area contributed by atoms with Crippen LogP contribution in [0.3, 0.4) is 0 Å². The van der Waals surface area contributed by atoms with E-state index in [0.717, 1.165) is 16.3 Å². The van der Waals surface area contributed by atoms with Crippen molar-refractivity contribution in [2.45, 2.75) is 26.2 Å². The fraction of sp³-hybridized carbons (Fsp3) is 0.222. The van der Waals surface area contributed by atoms with Crippen LogP contribution < -0.4 is 5.32 Å². The van der Waals surface area contributed by atoms with Crippen molar-refractivity contribution < 1.29 is 0 Å². The third-order valence-electron chi connectivity index (χ3n) is 3.44. The van der Waals surface area contributed by atoms with E-state index < -0.39 is 0 Å². The number of nitrogens with zero attached hydrogens (tertiary/aromatic N) is 2. The standard InChI is InChI=1S/C18H19N3S/c1-18(2,3)13-6-8-14(9-7-13)20-17-19-11-10-15(21-17)16-5-4-12-22-16/h4-12H,1-3H3,(H,19,20,21). The van der Waals surface area contributed by atoms with Gasteiger partial charge >= 0.3 is 0 Å². The first-order valence-corrected chi connectivity index (χ1v) is 8.15. The lowest BCUT2D eigenvalue weighted by atomic mass is 9.87. The van der Waals surface area contributed by atoms with Gasteiger partial charge in [-0.05, 0) is 40.6 Å². The molecular formula is C18H19N3S. The Balaban J connectivity index is 1.80. The maximum absolute atomic E-state index is 4.57. The van der Waals surface area contributed by atoms with Gasteiger partial charge in [-0.15, -0.1) is 11.3 Å². The summed E-state index contributed by atoms with van der Waals surface area (Å²) in [5, 5.41) is 5.32. The minimum absolute atomic E-state index is 0.161. The Morgan fingerprint density at radius 1 is 1.00 bits per heavy atom. The topological polar surface area (TPSA) is 37.8 Å². The average molecular weight is 309 g/mol. The number of hydrogen-bond acceptors (Lipinski definition) is 4. The molecule has 112 valence electrons. The van der Waals surface area contributed by atoms with Crippen LogP contribution in [0.2, 0.25) is 0 Å². The molecule has 22 heavy (non-hydrogen) atoms. The number of benzene rings is 1. The highest BCUT2D eigenvalue weighted by Crippen LogP contribution is 2.26. The molecule has 0 spiro atoms. The zero-order valence-electron chi connectivity index (χ0n) is 13.0. The predicted molar refractivity (Wildman–Crippen MR) is 93.8 cm³/mol. The number of hydrogen-bond donors (Lipinski definition) is 1. The van der Waals surface area contributed by atoms with E-state index in [0.29, 0.717) is 5.95 Å². The van der Waals surface area contributed by atoms with E-state index in [-0.39, 0.29) is 5.41 Å². The largest absolute Gasteiger partial charge is 0.324 e. The van der Waals surface area contributed by atoms with Crippen LogP contribution in [-0.4, -0.2) is 9.97 Å². The Morgan fingerprint density at radius 3 is 2.41 bits per heavy atom. The fourth-order valence-corrected chi connectivity index (χ4v) is 2.86. The number of nitrogens with one attached hydrogen (secondary N) is 1. The van der Waals surface area contributed by atoms with Gasteiger partial charge < -0.3 is 5.32 Å². The molecule has 3 rings (SSSR count). The molecule has 3 nitrogen and oxygen atoms in total. The Bertz CT molecular complexity index is 741. The molecule has 2 heterocycles. The Labute approximate surface area is 135 Å². The molecule has 0 radical (unpaired) electrons. The smallest absolute Gasteiger partial charge is 0.227 e. The summed E-state index contributed by atoms with van der Waals surface area (Å²) >= 11 is 1.68. The zero-order valence-corrected chi connectivity index (χ0v) is 13.8. The highest BCUT2D eigenvalue weighted by atomic mass is 32.1. The summed E-state index contributed by atoms with van der Waals surface area (Å²) in [7, 11) is 0. The summed E-state index contributed by atoms with van der Waals surface area (Å²) in [6.45, 7) is 6.63. The zero-order chi connectivity index (χ0) is 15.6. The predicted octanol–water partition coefficient (Wildman–Crippen LogP) is 5.25. The van der Waals surface area contributed by atoms with Gasteiger partial charge in [0.1, 0.15) is 0 Å². The summed E-state index contributed by atoms with van der Waals surface area (Å²) in [4.78, 5) is 10.0. The summed E-state index contributed by atoms with van der Waals surface area (Å²) in [5.41, 5.74) is 3.41. The quantitative estimate of drug-likeness (QED) is 0.718. The maximum Gasteiger partial charge on any atom is 0.227 e. The molecule has 1 N–H and O–H groups in total. The van der Waals surface area contributed by atoms with Gasteiger partial charge in [-0.3, -0.25) is 0 Å². The van der Waals surface area contributed by atoms with Gasteiger partial charge in [0.25, 0.3) is 0 Å². The molecular weight excluding hydrogens is 290 g/mol. The molecule has 0 fully saturated rings. The number of rotatable bonds is 3. The molecule has 0 saturated carbocycles. The van der Waals surface area contributed by atoms with E-state index in [1.165, 1.54) is 5.56 Å². The van der Waals surface area contributed by atoms with Crippen molar-refractivity contribution in [2.24, 2.45) is 0 Å². The monoisotopic (exact) mass is 309 g/mol. The normalized spacial score (nSPS) is 11.4. The lowest BCUT2D eigenvalue weighted by molar-refractivity contribution is 0.590. The van der Waals surface area contributed by atoms with Crippen LogP contribution in [0.4, 0.5) is 11.6 Å². The Kier molecular flexibility index (Phi) is 3.94. The maximum atomic E-state index is 4.57. The van der Waals surface area contributed by atoms with Crippen molar-refractivity contribution in [3.05, 3.63) is 59.6 Å². The van der Waals surface area contributed by atoms with Crippen LogP contribution in [0.1, 0.15) is 26.3 Å². The minimum atomic E-state index is 0.161. The second kappa shape index (κ2) is 5.89. The van der Waals surface area contributed by atoms with E-state index >= 15 is 0 Å². The molecule has 4 heteroatoms.